The molecule has 0 aliphatic heterocycles. The van der Waals surface area contributed by atoms with E-state index in [1.165, 1.54) is 38.0 Å². The van der Waals surface area contributed by atoms with Crippen LogP contribution < -0.4 is 5.19 Å². The van der Waals surface area contributed by atoms with Crippen molar-refractivity contribution < 1.29 is 0 Å². The van der Waals surface area contributed by atoms with Gasteiger partial charge in [0.15, 0.2) is 0 Å². The van der Waals surface area contributed by atoms with E-state index in [1.54, 1.807) is 6.33 Å². The van der Waals surface area contributed by atoms with Gasteiger partial charge in [0, 0.05) is 16.4 Å². The van der Waals surface area contributed by atoms with Crippen molar-refractivity contribution in [3.63, 3.8) is 0 Å². The second kappa shape index (κ2) is 5.26. The highest BCUT2D eigenvalue weighted by molar-refractivity contribution is 6.88. The van der Waals surface area contributed by atoms with Gasteiger partial charge in [-0.3, -0.25) is 0 Å². The molecule has 1 aliphatic rings. The third kappa shape index (κ3) is 2.31. The fraction of sp³-hybridized carbons (Fsp3) is 0.250. The first-order valence-corrected chi connectivity index (χ1v) is 13.1. The van der Waals surface area contributed by atoms with E-state index < -0.39 is 8.07 Å². The van der Waals surface area contributed by atoms with E-state index in [1.807, 2.05) is 0 Å². The molecule has 0 bridgehead atoms. The Morgan fingerprint density at radius 2 is 1.52 bits per heavy atom. The summed E-state index contributed by atoms with van der Waals surface area (Å²) in [6.45, 7) is 11.9. The number of aromatic nitrogens is 2. The Balaban J connectivity index is 1.96. The van der Waals surface area contributed by atoms with Gasteiger partial charge in [0.1, 0.15) is 6.33 Å². The lowest BCUT2D eigenvalue weighted by molar-refractivity contribution is 0.645. The molecule has 1 heterocycles. The summed E-state index contributed by atoms with van der Waals surface area (Å²) in [7, 11) is -1.45. The highest BCUT2D eigenvalue weighted by atomic mass is 28.3. The second-order valence-electron chi connectivity index (χ2n) is 9.26. The van der Waals surface area contributed by atoms with Crippen LogP contribution in [0.1, 0.15) is 25.0 Å². The van der Waals surface area contributed by atoms with Crippen molar-refractivity contribution >= 4 is 34.9 Å². The highest BCUT2D eigenvalue weighted by Crippen LogP contribution is 2.48. The Hall–Kier alpha value is -2.52. The quantitative estimate of drug-likeness (QED) is 0.407. The van der Waals surface area contributed by atoms with Crippen LogP contribution in [0.4, 0.5) is 0 Å². The fourth-order valence-electron chi connectivity index (χ4n) is 4.42. The molecule has 5 rings (SSSR count). The zero-order valence-corrected chi connectivity index (χ0v) is 17.6. The first-order chi connectivity index (χ1) is 12.8. The lowest BCUT2D eigenvalue weighted by atomic mass is 9.69. The molecule has 0 spiro atoms. The summed E-state index contributed by atoms with van der Waals surface area (Å²) in [5, 5.41) is 5.25. The molecule has 3 heteroatoms. The maximum Gasteiger partial charge on any atom is 0.116 e. The first-order valence-electron chi connectivity index (χ1n) is 9.60. The summed E-state index contributed by atoms with van der Waals surface area (Å²) in [5.41, 5.74) is 6.07. The van der Waals surface area contributed by atoms with E-state index in [0.29, 0.717) is 0 Å². The van der Waals surface area contributed by atoms with E-state index in [9.17, 15) is 0 Å². The van der Waals surface area contributed by atoms with Crippen LogP contribution in [0, 0.1) is 0 Å². The Kier molecular flexibility index (Phi) is 3.24. The van der Waals surface area contributed by atoms with Crippen LogP contribution in [0.2, 0.25) is 19.6 Å². The lowest BCUT2D eigenvalue weighted by Gasteiger charge is -2.35. The zero-order chi connectivity index (χ0) is 19.0. The molecule has 0 radical (unpaired) electrons. The van der Waals surface area contributed by atoms with Crippen molar-refractivity contribution in [3.05, 3.63) is 66.0 Å². The van der Waals surface area contributed by atoms with E-state index >= 15 is 0 Å². The number of benzene rings is 3. The Bertz CT molecular complexity index is 1230. The van der Waals surface area contributed by atoms with E-state index in [4.69, 9.17) is 4.98 Å². The van der Waals surface area contributed by atoms with Crippen molar-refractivity contribution in [2.45, 2.75) is 38.9 Å². The van der Waals surface area contributed by atoms with Crippen molar-refractivity contribution in [3.8, 4) is 11.3 Å². The monoisotopic (exact) mass is 368 g/mol. The molecule has 27 heavy (non-hydrogen) atoms. The summed E-state index contributed by atoms with van der Waals surface area (Å²) in [6.07, 6.45) is 1.73. The number of rotatable bonds is 1. The van der Waals surface area contributed by atoms with Crippen LogP contribution in [0.25, 0.3) is 32.9 Å². The molecular weight excluding hydrogens is 344 g/mol. The van der Waals surface area contributed by atoms with Crippen LogP contribution in [0.5, 0.6) is 0 Å². The Morgan fingerprint density at radius 3 is 2.22 bits per heavy atom. The van der Waals surface area contributed by atoms with Gasteiger partial charge < -0.3 is 0 Å². The predicted octanol–water partition coefficient (Wildman–Crippen LogP) is 5.63. The predicted molar refractivity (Wildman–Crippen MR) is 118 cm³/mol. The molecule has 3 aromatic carbocycles. The van der Waals surface area contributed by atoms with Crippen molar-refractivity contribution in [2.75, 3.05) is 0 Å². The third-order valence-electron chi connectivity index (χ3n) is 6.09. The molecule has 0 atom stereocenters. The molecule has 0 amide bonds. The highest BCUT2D eigenvalue weighted by Gasteiger charge is 2.36. The third-order valence-corrected chi connectivity index (χ3v) is 8.11. The lowest BCUT2D eigenvalue weighted by Crippen LogP contribution is -2.39. The molecule has 0 N–H and O–H groups in total. The number of hydrogen-bond acceptors (Lipinski definition) is 2. The minimum absolute atomic E-state index is 0.0784. The topological polar surface area (TPSA) is 25.8 Å². The molecule has 0 fully saturated rings. The van der Waals surface area contributed by atoms with Gasteiger partial charge in [-0.15, -0.1) is 0 Å². The fourth-order valence-corrected chi connectivity index (χ4v) is 5.57. The summed E-state index contributed by atoms with van der Waals surface area (Å²) in [4.78, 5) is 9.41. The van der Waals surface area contributed by atoms with Gasteiger partial charge in [0.05, 0.1) is 19.3 Å². The summed E-state index contributed by atoms with van der Waals surface area (Å²) in [5.74, 6) is 0. The van der Waals surface area contributed by atoms with Crippen LogP contribution >= 0.6 is 0 Å². The minimum atomic E-state index is -1.45. The molecule has 2 nitrogen and oxygen atoms in total. The van der Waals surface area contributed by atoms with Gasteiger partial charge in [-0.25, -0.2) is 9.97 Å². The number of nitrogens with zero attached hydrogens (tertiary/aromatic N) is 2. The molecule has 1 aromatic heterocycles. The second-order valence-corrected chi connectivity index (χ2v) is 14.3. The van der Waals surface area contributed by atoms with Gasteiger partial charge in [0.2, 0.25) is 0 Å². The standard InChI is InChI=1S/C24H24N2Si/c1-24(2)19-11-16-9-7-6-8-15(16)10-18(19)23-22-20(24)12-17(27(3,4)5)13-21(22)25-14-26-23/h6-14H,1-5H3. The maximum atomic E-state index is 4.74. The molecule has 134 valence electrons. The number of hydrogen-bond donors (Lipinski definition) is 0. The zero-order valence-electron chi connectivity index (χ0n) is 16.6. The molecule has 0 unspecified atom stereocenters. The average Bonchev–Trinajstić information content (AvgIpc) is 2.64. The molecule has 4 aromatic rings. The largest absolute Gasteiger partial charge is 0.236 e. The molecular formula is C24H24N2Si. The Morgan fingerprint density at radius 1 is 0.815 bits per heavy atom. The Labute approximate surface area is 161 Å². The smallest absolute Gasteiger partial charge is 0.116 e. The SMILES string of the molecule is CC1(C)c2cc3ccccc3cc2-c2ncnc3cc([Si](C)(C)C)cc1c23. The molecule has 0 saturated heterocycles. The van der Waals surface area contributed by atoms with Gasteiger partial charge in [-0.05, 0) is 40.1 Å². The van der Waals surface area contributed by atoms with Crippen molar-refractivity contribution in [2.24, 2.45) is 0 Å². The van der Waals surface area contributed by atoms with Crippen LogP contribution in [-0.2, 0) is 5.41 Å². The normalized spacial score (nSPS) is 15.1. The minimum Gasteiger partial charge on any atom is -0.236 e. The van der Waals surface area contributed by atoms with Gasteiger partial charge in [0.25, 0.3) is 0 Å². The number of fused-ring (bicyclic) bond motifs is 3. The van der Waals surface area contributed by atoms with Gasteiger partial charge in [-0.2, -0.15) is 0 Å². The van der Waals surface area contributed by atoms with Crippen LogP contribution in [0.3, 0.4) is 0 Å². The van der Waals surface area contributed by atoms with E-state index in [2.05, 4.69) is 87.0 Å². The van der Waals surface area contributed by atoms with Crippen molar-refractivity contribution in [1.82, 2.24) is 9.97 Å². The molecule has 1 aliphatic carbocycles. The van der Waals surface area contributed by atoms with E-state index in [0.717, 1.165) is 11.2 Å². The van der Waals surface area contributed by atoms with Gasteiger partial charge in [-0.1, -0.05) is 69.0 Å². The summed E-state index contributed by atoms with van der Waals surface area (Å²) < 4.78 is 0. The van der Waals surface area contributed by atoms with Crippen LogP contribution in [-0.4, -0.2) is 18.0 Å². The van der Waals surface area contributed by atoms with Crippen LogP contribution in [0.15, 0.2) is 54.9 Å². The van der Waals surface area contributed by atoms with E-state index in [-0.39, 0.29) is 5.41 Å². The molecule has 0 saturated carbocycles. The van der Waals surface area contributed by atoms with Gasteiger partial charge >= 0.3 is 0 Å². The maximum absolute atomic E-state index is 4.74. The summed E-state index contributed by atoms with van der Waals surface area (Å²) >= 11 is 0. The van der Waals surface area contributed by atoms with Crippen molar-refractivity contribution in [1.29, 1.82) is 0 Å². The first kappa shape index (κ1) is 16.6. The average molecular weight is 369 g/mol. The summed E-state index contributed by atoms with van der Waals surface area (Å²) in [6, 6.07) is 18.0.